The second-order valence-corrected chi connectivity index (χ2v) is 4.16. The fourth-order valence-electron chi connectivity index (χ4n) is 1.74. The molecule has 1 aromatic heterocycles. The average Bonchev–Trinajstić information content (AvgIpc) is 2.43. The zero-order valence-corrected chi connectivity index (χ0v) is 10.3. The summed E-state index contributed by atoms with van der Waals surface area (Å²) in [7, 11) is 0. The van der Waals surface area contributed by atoms with Crippen LogP contribution in [-0.2, 0) is 0 Å². The Kier molecular flexibility index (Phi) is 4.09. The van der Waals surface area contributed by atoms with Gasteiger partial charge in [0.15, 0.2) is 0 Å². The third-order valence-electron chi connectivity index (χ3n) is 2.73. The van der Waals surface area contributed by atoms with Gasteiger partial charge in [-0.2, -0.15) is 0 Å². The van der Waals surface area contributed by atoms with Gasteiger partial charge in [-0.25, -0.2) is 18.6 Å². The van der Waals surface area contributed by atoms with E-state index in [4.69, 9.17) is 10.2 Å². The number of carboxylic acids is 1. The van der Waals surface area contributed by atoms with Crippen molar-refractivity contribution in [2.45, 2.75) is 12.5 Å². The van der Waals surface area contributed by atoms with Gasteiger partial charge in [-0.05, 0) is 12.1 Å². The van der Waals surface area contributed by atoms with Crippen LogP contribution < -0.4 is 5.32 Å². The molecule has 2 rings (SSSR count). The van der Waals surface area contributed by atoms with Crippen molar-refractivity contribution in [3.05, 3.63) is 35.9 Å². The highest BCUT2D eigenvalue weighted by molar-refractivity contribution is 6.03. The first-order chi connectivity index (χ1) is 9.49. The van der Waals surface area contributed by atoms with Crippen LogP contribution in [0, 0.1) is 0 Å². The summed E-state index contributed by atoms with van der Waals surface area (Å²) in [6.07, 6.45) is -4.71. The maximum Gasteiger partial charge on any atom is 0.336 e. The highest BCUT2D eigenvalue weighted by Gasteiger charge is 2.17. The number of aromatic carboxylic acids is 1. The maximum absolute atomic E-state index is 12.2. The SMILES string of the molecule is O=C(O)c1cc(NCC(O)C(F)F)nc2ccccc12. The number of aliphatic hydroxyl groups is 1. The number of fused-ring (bicyclic) bond motifs is 1. The number of para-hydroxylation sites is 1. The highest BCUT2D eigenvalue weighted by atomic mass is 19.3. The van der Waals surface area contributed by atoms with Crippen LogP contribution in [0.15, 0.2) is 30.3 Å². The molecule has 1 unspecified atom stereocenters. The van der Waals surface area contributed by atoms with Gasteiger partial charge < -0.3 is 15.5 Å². The highest BCUT2D eigenvalue weighted by Crippen LogP contribution is 2.20. The lowest BCUT2D eigenvalue weighted by atomic mass is 10.1. The monoisotopic (exact) mass is 282 g/mol. The second-order valence-electron chi connectivity index (χ2n) is 4.16. The number of carboxylic acid groups (broad SMARTS) is 1. The first-order valence-electron chi connectivity index (χ1n) is 5.82. The van der Waals surface area contributed by atoms with Crippen molar-refractivity contribution in [2.75, 3.05) is 11.9 Å². The number of hydrogen-bond acceptors (Lipinski definition) is 4. The Hall–Kier alpha value is -2.28. The average molecular weight is 282 g/mol. The number of anilines is 1. The third-order valence-corrected chi connectivity index (χ3v) is 2.73. The molecule has 0 aliphatic rings. The molecule has 0 aliphatic heterocycles. The molecule has 0 saturated heterocycles. The van der Waals surface area contributed by atoms with Crippen LogP contribution in [-0.4, -0.2) is 40.2 Å². The zero-order chi connectivity index (χ0) is 14.7. The summed E-state index contributed by atoms with van der Waals surface area (Å²) in [4.78, 5) is 15.3. The first-order valence-corrected chi connectivity index (χ1v) is 5.82. The number of halogens is 2. The summed E-state index contributed by atoms with van der Waals surface area (Å²) >= 11 is 0. The van der Waals surface area contributed by atoms with Gasteiger partial charge in [0.1, 0.15) is 11.9 Å². The molecular weight excluding hydrogens is 270 g/mol. The van der Waals surface area contributed by atoms with Gasteiger partial charge in [0, 0.05) is 11.9 Å². The summed E-state index contributed by atoms with van der Waals surface area (Å²) in [5.41, 5.74) is 0.450. The van der Waals surface area contributed by atoms with Crippen molar-refractivity contribution in [2.24, 2.45) is 0 Å². The molecule has 1 aromatic carbocycles. The van der Waals surface area contributed by atoms with Crippen molar-refractivity contribution < 1.29 is 23.8 Å². The summed E-state index contributed by atoms with van der Waals surface area (Å²) in [5, 5.41) is 21.1. The fourth-order valence-corrected chi connectivity index (χ4v) is 1.74. The number of carbonyl (C=O) groups is 1. The van der Waals surface area contributed by atoms with Crippen LogP contribution in [0.3, 0.4) is 0 Å². The molecule has 7 heteroatoms. The number of alkyl halides is 2. The van der Waals surface area contributed by atoms with E-state index in [0.29, 0.717) is 10.9 Å². The van der Waals surface area contributed by atoms with E-state index in [0.717, 1.165) is 0 Å². The number of aliphatic hydroxyl groups excluding tert-OH is 1. The van der Waals surface area contributed by atoms with E-state index in [-0.39, 0.29) is 11.4 Å². The quantitative estimate of drug-likeness (QED) is 0.781. The fraction of sp³-hybridized carbons (Fsp3) is 0.231. The predicted molar refractivity (Wildman–Crippen MR) is 69.2 cm³/mol. The molecule has 20 heavy (non-hydrogen) atoms. The molecule has 0 bridgehead atoms. The summed E-state index contributed by atoms with van der Waals surface area (Å²) in [5.74, 6) is -1.01. The number of nitrogens with zero attached hydrogens (tertiary/aromatic N) is 1. The van der Waals surface area contributed by atoms with Crippen LogP contribution in [0.4, 0.5) is 14.6 Å². The molecule has 1 atom stereocenters. The third kappa shape index (κ3) is 3.00. The molecule has 0 amide bonds. The summed E-state index contributed by atoms with van der Waals surface area (Å²) in [6.45, 7) is -0.415. The Morgan fingerprint density at radius 2 is 2.05 bits per heavy atom. The summed E-state index contributed by atoms with van der Waals surface area (Å²) < 4.78 is 24.4. The van der Waals surface area contributed by atoms with Crippen molar-refractivity contribution in [1.29, 1.82) is 0 Å². The van der Waals surface area contributed by atoms with Gasteiger partial charge >= 0.3 is 5.97 Å². The van der Waals surface area contributed by atoms with Crippen LogP contribution in [0.2, 0.25) is 0 Å². The number of nitrogens with one attached hydrogen (secondary N) is 1. The van der Waals surface area contributed by atoms with Crippen molar-refractivity contribution in [1.82, 2.24) is 4.98 Å². The standard InChI is InChI=1S/C13H12F2N2O3/c14-12(15)10(18)6-16-11-5-8(13(19)20)7-3-1-2-4-9(7)17-11/h1-5,10,12,18H,6H2,(H,16,17)(H,19,20). The van der Waals surface area contributed by atoms with Crippen LogP contribution >= 0.6 is 0 Å². The maximum atomic E-state index is 12.2. The molecule has 0 radical (unpaired) electrons. The van der Waals surface area contributed by atoms with E-state index in [1.54, 1.807) is 24.3 Å². The van der Waals surface area contributed by atoms with Crippen molar-refractivity contribution >= 4 is 22.7 Å². The Balaban J connectivity index is 2.33. The van der Waals surface area contributed by atoms with E-state index >= 15 is 0 Å². The van der Waals surface area contributed by atoms with Gasteiger partial charge in [-0.1, -0.05) is 18.2 Å². The minimum atomic E-state index is -2.87. The summed E-state index contributed by atoms with van der Waals surface area (Å²) in [6, 6.07) is 7.87. The lowest BCUT2D eigenvalue weighted by Gasteiger charge is -2.12. The number of benzene rings is 1. The van der Waals surface area contributed by atoms with Crippen LogP contribution in [0.5, 0.6) is 0 Å². The smallest absolute Gasteiger partial charge is 0.336 e. The Bertz CT molecular complexity index is 634. The second kappa shape index (κ2) is 5.79. The Morgan fingerprint density at radius 3 is 2.70 bits per heavy atom. The van der Waals surface area contributed by atoms with Crippen molar-refractivity contribution in [3.63, 3.8) is 0 Å². The molecule has 106 valence electrons. The molecule has 2 aromatic rings. The molecule has 0 aliphatic carbocycles. The molecule has 5 nitrogen and oxygen atoms in total. The number of aromatic nitrogens is 1. The molecule has 1 heterocycles. The topological polar surface area (TPSA) is 82.5 Å². The normalized spacial score (nSPS) is 12.6. The van der Waals surface area contributed by atoms with Crippen LogP contribution in [0.25, 0.3) is 10.9 Å². The Labute approximate surface area is 112 Å². The van der Waals surface area contributed by atoms with Gasteiger partial charge in [-0.15, -0.1) is 0 Å². The van der Waals surface area contributed by atoms with Gasteiger partial charge in [-0.3, -0.25) is 0 Å². The van der Waals surface area contributed by atoms with Gasteiger partial charge in [0.05, 0.1) is 11.1 Å². The molecule has 3 N–H and O–H groups in total. The number of pyridine rings is 1. The lowest BCUT2D eigenvalue weighted by molar-refractivity contribution is 0.00381. The molecule has 0 spiro atoms. The van der Waals surface area contributed by atoms with Crippen molar-refractivity contribution in [3.8, 4) is 0 Å². The minimum Gasteiger partial charge on any atom is -0.478 e. The van der Waals surface area contributed by atoms with E-state index in [9.17, 15) is 13.6 Å². The minimum absolute atomic E-state index is 0.0182. The van der Waals surface area contributed by atoms with E-state index in [1.807, 2.05) is 0 Å². The van der Waals surface area contributed by atoms with E-state index in [1.165, 1.54) is 6.07 Å². The predicted octanol–water partition coefficient (Wildman–Crippen LogP) is 1.97. The Morgan fingerprint density at radius 1 is 1.35 bits per heavy atom. The van der Waals surface area contributed by atoms with Gasteiger partial charge in [0.25, 0.3) is 6.43 Å². The molecular formula is C13H12F2N2O3. The number of rotatable bonds is 5. The molecule has 0 fully saturated rings. The van der Waals surface area contributed by atoms with E-state index < -0.39 is 25.0 Å². The van der Waals surface area contributed by atoms with Gasteiger partial charge in [0.2, 0.25) is 0 Å². The number of hydrogen-bond donors (Lipinski definition) is 3. The molecule has 0 saturated carbocycles. The largest absolute Gasteiger partial charge is 0.478 e. The zero-order valence-electron chi connectivity index (χ0n) is 10.3. The van der Waals surface area contributed by atoms with Crippen LogP contribution in [0.1, 0.15) is 10.4 Å². The lowest BCUT2D eigenvalue weighted by Crippen LogP contribution is -2.27. The van der Waals surface area contributed by atoms with E-state index in [2.05, 4.69) is 10.3 Å². The first kappa shape index (κ1) is 14.1.